The van der Waals surface area contributed by atoms with Gasteiger partial charge < -0.3 is 5.32 Å². The lowest BCUT2D eigenvalue weighted by Crippen LogP contribution is -2.39. The van der Waals surface area contributed by atoms with Crippen molar-refractivity contribution in [1.29, 1.82) is 0 Å². The van der Waals surface area contributed by atoms with Gasteiger partial charge in [-0.15, -0.1) is 0 Å². The third kappa shape index (κ3) is 2.29. The topological polar surface area (TPSA) is 40.0 Å². The Hall–Kier alpha value is -2.88. The number of hydrazone groups is 1. The minimum Gasteiger partial charge on any atom is -0.356 e. The summed E-state index contributed by atoms with van der Waals surface area (Å²) in [6.45, 7) is 2.15. The van der Waals surface area contributed by atoms with E-state index in [0.717, 1.165) is 24.2 Å². The Balaban J connectivity index is 1.55. The van der Waals surface area contributed by atoms with Crippen LogP contribution in [0.4, 0.5) is 17.1 Å². The van der Waals surface area contributed by atoms with Crippen LogP contribution in [0.3, 0.4) is 0 Å². The molecule has 4 nitrogen and oxygen atoms in total. The largest absolute Gasteiger partial charge is 0.356 e. The Morgan fingerprint density at radius 1 is 1.04 bits per heavy atom. The first-order chi connectivity index (χ1) is 12.3. The highest BCUT2D eigenvalue weighted by Gasteiger charge is 2.42. The number of aliphatic imine (C=N–C) groups is 1. The number of benzene rings is 2. The smallest absolute Gasteiger partial charge is 0.0864 e. The molecule has 0 spiro atoms. The Bertz CT molecular complexity index is 911. The molecule has 0 fully saturated rings. The van der Waals surface area contributed by atoms with Gasteiger partial charge >= 0.3 is 0 Å². The monoisotopic (exact) mass is 328 g/mol. The quantitative estimate of drug-likeness (QED) is 0.821. The highest BCUT2D eigenvalue weighted by Crippen LogP contribution is 2.42. The van der Waals surface area contributed by atoms with Crippen molar-refractivity contribution in [2.75, 3.05) is 10.3 Å². The fraction of sp³-hybridized carbons (Fsp3) is 0.238. The van der Waals surface area contributed by atoms with Gasteiger partial charge in [-0.1, -0.05) is 30.3 Å². The number of anilines is 2. The predicted octanol–water partition coefficient (Wildman–Crippen LogP) is 4.74. The molecular formula is C21H20N4. The zero-order chi connectivity index (χ0) is 16.8. The maximum Gasteiger partial charge on any atom is 0.0864 e. The molecule has 0 saturated carbocycles. The maximum absolute atomic E-state index is 4.91. The van der Waals surface area contributed by atoms with Crippen LogP contribution in [0.2, 0.25) is 0 Å². The van der Waals surface area contributed by atoms with Crippen LogP contribution in [0.25, 0.3) is 0 Å². The zero-order valence-corrected chi connectivity index (χ0v) is 14.2. The predicted molar refractivity (Wildman–Crippen MR) is 104 cm³/mol. The second-order valence-corrected chi connectivity index (χ2v) is 6.84. The molecule has 3 aliphatic rings. The van der Waals surface area contributed by atoms with Crippen LogP contribution in [0.5, 0.6) is 0 Å². The molecule has 2 aromatic carbocycles. The fourth-order valence-corrected chi connectivity index (χ4v) is 4.16. The lowest BCUT2D eigenvalue weighted by atomic mass is 9.81. The normalized spacial score (nSPS) is 24.0. The third-order valence-corrected chi connectivity index (χ3v) is 5.33. The van der Waals surface area contributed by atoms with E-state index in [1.807, 2.05) is 12.3 Å². The van der Waals surface area contributed by atoms with Crippen LogP contribution in [0, 0.1) is 5.92 Å². The van der Waals surface area contributed by atoms with Crippen molar-refractivity contribution in [3.8, 4) is 0 Å². The third-order valence-electron chi connectivity index (χ3n) is 5.33. The molecule has 2 aromatic rings. The van der Waals surface area contributed by atoms with Crippen molar-refractivity contribution < 1.29 is 0 Å². The molecule has 5 rings (SSSR count). The highest BCUT2D eigenvalue weighted by molar-refractivity contribution is 5.97. The summed E-state index contributed by atoms with van der Waals surface area (Å²) >= 11 is 0. The van der Waals surface area contributed by atoms with E-state index in [1.54, 1.807) is 0 Å². The molecule has 0 amide bonds. The van der Waals surface area contributed by atoms with Gasteiger partial charge in [0.1, 0.15) is 0 Å². The Morgan fingerprint density at radius 2 is 1.84 bits per heavy atom. The highest BCUT2D eigenvalue weighted by atomic mass is 15.5. The van der Waals surface area contributed by atoms with Gasteiger partial charge in [0.2, 0.25) is 0 Å². The molecule has 1 aliphatic carbocycles. The van der Waals surface area contributed by atoms with Crippen LogP contribution in [-0.2, 0) is 0 Å². The molecule has 0 radical (unpaired) electrons. The van der Waals surface area contributed by atoms with Gasteiger partial charge in [0.15, 0.2) is 0 Å². The van der Waals surface area contributed by atoms with Crippen LogP contribution >= 0.6 is 0 Å². The van der Waals surface area contributed by atoms with E-state index in [-0.39, 0.29) is 0 Å². The zero-order valence-electron chi connectivity index (χ0n) is 14.2. The van der Waals surface area contributed by atoms with Gasteiger partial charge in [-0.3, -0.25) is 10.0 Å². The summed E-state index contributed by atoms with van der Waals surface area (Å²) in [5, 5.41) is 10.8. The fourth-order valence-electron chi connectivity index (χ4n) is 4.16. The van der Waals surface area contributed by atoms with E-state index in [1.165, 1.54) is 22.7 Å². The van der Waals surface area contributed by atoms with Crippen LogP contribution < -0.4 is 10.3 Å². The maximum atomic E-state index is 4.91. The van der Waals surface area contributed by atoms with E-state index in [4.69, 9.17) is 5.10 Å². The Kier molecular flexibility index (Phi) is 3.23. The number of allylic oxidation sites excluding steroid dienone is 1. The van der Waals surface area contributed by atoms with Crippen LogP contribution in [-0.4, -0.2) is 18.0 Å². The van der Waals surface area contributed by atoms with E-state index >= 15 is 0 Å². The molecule has 0 bridgehead atoms. The minimum atomic E-state index is 0.293. The minimum absolute atomic E-state index is 0.293. The molecule has 2 unspecified atom stereocenters. The molecule has 1 N–H and O–H groups in total. The number of nitrogens with zero attached hydrogens (tertiary/aromatic N) is 3. The van der Waals surface area contributed by atoms with Gasteiger partial charge in [-0.2, -0.15) is 5.10 Å². The van der Waals surface area contributed by atoms with Crippen molar-refractivity contribution in [2.24, 2.45) is 16.0 Å². The van der Waals surface area contributed by atoms with Crippen LogP contribution in [0.1, 0.15) is 19.8 Å². The molecule has 2 atom stereocenters. The first-order valence-electron chi connectivity index (χ1n) is 8.84. The van der Waals surface area contributed by atoms with Crippen molar-refractivity contribution in [3.05, 3.63) is 65.9 Å². The van der Waals surface area contributed by atoms with E-state index in [9.17, 15) is 0 Å². The summed E-state index contributed by atoms with van der Waals surface area (Å²) in [7, 11) is 0. The van der Waals surface area contributed by atoms with Gasteiger partial charge in [-0.05, 0) is 49.6 Å². The second-order valence-electron chi connectivity index (χ2n) is 6.84. The average Bonchev–Trinajstić information content (AvgIpc) is 2.88. The SMILES string of the molecule is CC1=NN(c2ccccc2)C2CCC3=C(Nc4ccccc4N=C3)C12. The summed E-state index contributed by atoms with van der Waals surface area (Å²) in [6.07, 6.45) is 4.15. The molecule has 2 aliphatic heterocycles. The molecule has 124 valence electrons. The molecular weight excluding hydrogens is 308 g/mol. The van der Waals surface area contributed by atoms with Gasteiger partial charge in [0.25, 0.3) is 0 Å². The summed E-state index contributed by atoms with van der Waals surface area (Å²) in [5.41, 5.74) is 6.99. The van der Waals surface area contributed by atoms with E-state index < -0.39 is 0 Å². The molecule has 25 heavy (non-hydrogen) atoms. The number of para-hydroxylation sites is 3. The van der Waals surface area contributed by atoms with E-state index in [2.05, 4.69) is 70.8 Å². The molecule has 0 saturated heterocycles. The van der Waals surface area contributed by atoms with Gasteiger partial charge in [-0.25, -0.2) is 0 Å². The number of fused-ring (bicyclic) bond motifs is 3. The Labute approximate surface area is 147 Å². The second kappa shape index (κ2) is 5.59. The van der Waals surface area contributed by atoms with E-state index in [0.29, 0.717) is 12.0 Å². The van der Waals surface area contributed by atoms with Crippen molar-refractivity contribution >= 4 is 29.0 Å². The Morgan fingerprint density at radius 3 is 2.72 bits per heavy atom. The first-order valence-corrected chi connectivity index (χ1v) is 8.84. The number of rotatable bonds is 1. The standard InChI is InChI=1S/C21H20N4/c1-14-20-19(25(24-14)16-7-3-2-4-8-16)12-11-15-13-22-17-9-5-6-10-18(17)23-21(15)20/h2-10,13,19-20,23H,11-12H2,1H3. The summed E-state index contributed by atoms with van der Waals surface area (Å²) in [6, 6.07) is 19.1. The lowest BCUT2D eigenvalue weighted by Gasteiger charge is -2.34. The average molecular weight is 328 g/mol. The van der Waals surface area contributed by atoms with Crippen molar-refractivity contribution in [2.45, 2.75) is 25.8 Å². The van der Waals surface area contributed by atoms with Crippen molar-refractivity contribution in [1.82, 2.24) is 0 Å². The first kappa shape index (κ1) is 14.5. The van der Waals surface area contributed by atoms with Crippen molar-refractivity contribution in [3.63, 3.8) is 0 Å². The summed E-state index contributed by atoms with van der Waals surface area (Å²) in [5.74, 6) is 0.293. The molecule has 4 heteroatoms. The van der Waals surface area contributed by atoms with Crippen LogP contribution in [0.15, 0.2) is 76.0 Å². The number of hydrogen-bond donors (Lipinski definition) is 1. The molecule has 2 heterocycles. The summed E-state index contributed by atoms with van der Waals surface area (Å²) < 4.78 is 0. The van der Waals surface area contributed by atoms with Gasteiger partial charge in [0, 0.05) is 17.6 Å². The van der Waals surface area contributed by atoms with Gasteiger partial charge in [0.05, 0.1) is 29.0 Å². The summed E-state index contributed by atoms with van der Waals surface area (Å²) in [4.78, 5) is 4.69. The lowest BCUT2D eigenvalue weighted by molar-refractivity contribution is 0.510. The molecule has 0 aromatic heterocycles. The number of nitrogens with one attached hydrogen (secondary N) is 1. The number of hydrogen-bond acceptors (Lipinski definition) is 4.